The molecular formula is C7H11NS. The smallest absolute Gasteiger partial charge is 0.0989 e. The minimum atomic E-state index is 0.530. The van der Waals surface area contributed by atoms with Crippen molar-refractivity contribution in [3.63, 3.8) is 0 Å². The average molecular weight is 141 g/mol. The monoisotopic (exact) mass is 141 g/mol. The SMILES string of the molecule is CC1=CC(=S)NC(C)C1. The molecule has 9 heavy (non-hydrogen) atoms. The molecule has 0 aromatic carbocycles. The second kappa shape index (κ2) is 2.48. The van der Waals surface area contributed by atoms with Crippen molar-refractivity contribution in [2.24, 2.45) is 0 Å². The molecule has 0 bridgehead atoms. The molecule has 0 spiro atoms. The first kappa shape index (κ1) is 6.75. The van der Waals surface area contributed by atoms with Gasteiger partial charge in [-0.1, -0.05) is 17.8 Å². The summed E-state index contributed by atoms with van der Waals surface area (Å²) in [5.41, 5.74) is 1.38. The van der Waals surface area contributed by atoms with Crippen LogP contribution in [0, 0.1) is 0 Å². The zero-order valence-electron chi connectivity index (χ0n) is 5.77. The fraction of sp³-hybridized carbons (Fsp3) is 0.571. The van der Waals surface area contributed by atoms with Crippen molar-refractivity contribution in [1.82, 2.24) is 5.32 Å². The lowest BCUT2D eigenvalue weighted by atomic mass is 10.1. The molecule has 0 aliphatic carbocycles. The highest BCUT2D eigenvalue weighted by atomic mass is 32.1. The number of hydrogen-bond acceptors (Lipinski definition) is 1. The molecule has 1 unspecified atom stereocenters. The molecule has 1 aliphatic heterocycles. The summed E-state index contributed by atoms with van der Waals surface area (Å²) in [5, 5.41) is 3.16. The lowest BCUT2D eigenvalue weighted by molar-refractivity contribution is 0.650. The van der Waals surface area contributed by atoms with E-state index < -0.39 is 0 Å². The third-order valence-corrected chi connectivity index (χ3v) is 1.63. The Labute approximate surface area is 61.1 Å². The van der Waals surface area contributed by atoms with Crippen LogP contribution in [0.2, 0.25) is 0 Å². The summed E-state index contributed by atoms with van der Waals surface area (Å²) in [6.45, 7) is 4.26. The number of rotatable bonds is 0. The van der Waals surface area contributed by atoms with E-state index in [1.165, 1.54) is 5.57 Å². The first-order valence-electron chi connectivity index (χ1n) is 3.16. The van der Waals surface area contributed by atoms with E-state index >= 15 is 0 Å². The minimum Gasteiger partial charge on any atom is -0.374 e. The molecule has 1 nitrogen and oxygen atoms in total. The number of nitrogens with one attached hydrogen (secondary N) is 1. The Kier molecular flexibility index (Phi) is 1.86. The molecule has 1 rings (SSSR count). The van der Waals surface area contributed by atoms with Gasteiger partial charge in [0, 0.05) is 6.04 Å². The Morgan fingerprint density at radius 1 is 1.78 bits per heavy atom. The summed E-state index contributed by atoms with van der Waals surface area (Å²) in [7, 11) is 0. The lowest BCUT2D eigenvalue weighted by Gasteiger charge is -2.19. The fourth-order valence-corrected chi connectivity index (χ4v) is 1.50. The van der Waals surface area contributed by atoms with E-state index in [0.29, 0.717) is 6.04 Å². The molecule has 1 heterocycles. The summed E-state index contributed by atoms with van der Waals surface area (Å²) in [5.74, 6) is 0. The molecular weight excluding hydrogens is 130 g/mol. The van der Waals surface area contributed by atoms with Crippen molar-refractivity contribution in [3.8, 4) is 0 Å². The van der Waals surface area contributed by atoms with Crippen LogP contribution in [0.3, 0.4) is 0 Å². The molecule has 0 amide bonds. The van der Waals surface area contributed by atoms with Crippen LogP contribution in [0.1, 0.15) is 20.3 Å². The highest BCUT2D eigenvalue weighted by molar-refractivity contribution is 7.80. The molecule has 0 fully saturated rings. The maximum absolute atomic E-state index is 4.97. The minimum absolute atomic E-state index is 0.530. The van der Waals surface area contributed by atoms with Crippen molar-refractivity contribution in [3.05, 3.63) is 11.6 Å². The van der Waals surface area contributed by atoms with Gasteiger partial charge in [-0.15, -0.1) is 0 Å². The van der Waals surface area contributed by atoms with E-state index in [4.69, 9.17) is 12.2 Å². The molecule has 1 N–H and O–H groups in total. The van der Waals surface area contributed by atoms with Crippen LogP contribution in [-0.2, 0) is 0 Å². The molecule has 2 heteroatoms. The van der Waals surface area contributed by atoms with E-state index in [1.54, 1.807) is 0 Å². The first-order chi connectivity index (χ1) is 4.18. The van der Waals surface area contributed by atoms with Crippen molar-refractivity contribution in [2.75, 3.05) is 0 Å². The van der Waals surface area contributed by atoms with Crippen molar-refractivity contribution >= 4 is 17.2 Å². The van der Waals surface area contributed by atoms with Crippen LogP contribution in [0.25, 0.3) is 0 Å². The first-order valence-corrected chi connectivity index (χ1v) is 3.57. The van der Waals surface area contributed by atoms with Crippen LogP contribution < -0.4 is 5.32 Å². The molecule has 0 saturated carbocycles. The summed E-state index contributed by atoms with van der Waals surface area (Å²) in [6, 6.07) is 0.530. The summed E-state index contributed by atoms with van der Waals surface area (Å²) >= 11 is 4.97. The summed E-state index contributed by atoms with van der Waals surface area (Å²) in [4.78, 5) is 0.881. The molecule has 50 valence electrons. The topological polar surface area (TPSA) is 12.0 Å². The van der Waals surface area contributed by atoms with Crippen LogP contribution in [0.4, 0.5) is 0 Å². The molecule has 0 radical (unpaired) electrons. The molecule has 1 atom stereocenters. The fourth-order valence-electron chi connectivity index (χ4n) is 1.10. The van der Waals surface area contributed by atoms with Gasteiger partial charge in [-0.05, 0) is 26.3 Å². The Balaban J connectivity index is 2.67. The van der Waals surface area contributed by atoms with E-state index in [9.17, 15) is 0 Å². The Morgan fingerprint density at radius 3 is 2.89 bits per heavy atom. The zero-order chi connectivity index (χ0) is 6.85. The molecule has 1 aliphatic rings. The quantitative estimate of drug-likeness (QED) is 0.515. The Morgan fingerprint density at radius 2 is 2.44 bits per heavy atom. The number of thiocarbonyl (C=S) groups is 1. The van der Waals surface area contributed by atoms with E-state index in [0.717, 1.165) is 11.4 Å². The van der Waals surface area contributed by atoms with Gasteiger partial charge < -0.3 is 5.32 Å². The predicted octanol–water partition coefficient (Wildman–Crippen LogP) is 1.64. The standard InChI is InChI=1S/C7H11NS/c1-5-3-6(2)8-7(9)4-5/h4,6H,3H2,1-2H3,(H,8,9). The van der Waals surface area contributed by atoms with E-state index in [2.05, 4.69) is 19.2 Å². The lowest BCUT2D eigenvalue weighted by Crippen LogP contribution is -2.33. The van der Waals surface area contributed by atoms with Gasteiger partial charge in [-0.3, -0.25) is 0 Å². The maximum atomic E-state index is 4.97. The average Bonchev–Trinajstić information content (AvgIpc) is 1.59. The summed E-state index contributed by atoms with van der Waals surface area (Å²) < 4.78 is 0. The Hall–Kier alpha value is -0.370. The van der Waals surface area contributed by atoms with Gasteiger partial charge in [0.1, 0.15) is 0 Å². The van der Waals surface area contributed by atoms with Gasteiger partial charge in [-0.2, -0.15) is 0 Å². The second-order valence-electron chi connectivity index (χ2n) is 2.60. The summed E-state index contributed by atoms with van der Waals surface area (Å²) in [6.07, 6.45) is 3.15. The van der Waals surface area contributed by atoms with Crippen LogP contribution in [-0.4, -0.2) is 11.0 Å². The van der Waals surface area contributed by atoms with E-state index in [-0.39, 0.29) is 0 Å². The molecule has 0 aromatic rings. The van der Waals surface area contributed by atoms with Gasteiger partial charge in [0.05, 0.1) is 4.99 Å². The normalized spacial score (nSPS) is 27.1. The largest absolute Gasteiger partial charge is 0.374 e. The third kappa shape index (κ3) is 1.79. The van der Waals surface area contributed by atoms with Crippen LogP contribution in [0.15, 0.2) is 11.6 Å². The molecule has 0 saturated heterocycles. The van der Waals surface area contributed by atoms with Crippen LogP contribution >= 0.6 is 12.2 Å². The van der Waals surface area contributed by atoms with Crippen molar-refractivity contribution < 1.29 is 0 Å². The van der Waals surface area contributed by atoms with Gasteiger partial charge in [0.15, 0.2) is 0 Å². The van der Waals surface area contributed by atoms with Gasteiger partial charge >= 0.3 is 0 Å². The number of hydrogen-bond donors (Lipinski definition) is 1. The predicted molar refractivity (Wildman–Crippen MR) is 43.6 cm³/mol. The van der Waals surface area contributed by atoms with Crippen LogP contribution in [0.5, 0.6) is 0 Å². The maximum Gasteiger partial charge on any atom is 0.0989 e. The molecule has 0 aromatic heterocycles. The van der Waals surface area contributed by atoms with Crippen molar-refractivity contribution in [2.45, 2.75) is 26.3 Å². The zero-order valence-corrected chi connectivity index (χ0v) is 6.59. The Bertz CT molecular complexity index is 160. The van der Waals surface area contributed by atoms with Gasteiger partial charge in [0.2, 0.25) is 0 Å². The van der Waals surface area contributed by atoms with Gasteiger partial charge in [0.25, 0.3) is 0 Å². The highest BCUT2D eigenvalue weighted by Gasteiger charge is 2.08. The van der Waals surface area contributed by atoms with E-state index in [1.807, 2.05) is 6.08 Å². The van der Waals surface area contributed by atoms with Gasteiger partial charge in [-0.25, -0.2) is 0 Å². The third-order valence-electron chi connectivity index (χ3n) is 1.39. The van der Waals surface area contributed by atoms with Crippen molar-refractivity contribution in [1.29, 1.82) is 0 Å². The highest BCUT2D eigenvalue weighted by Crippen LogP contribution is 2.09. The second-order valence-corrected chi connectivity index (χ2v) is 3.04.